The molecule has 0 saturated carbocycles. The summed E-state index contributed by atoms with van der Waals surface area (Å²) in [7, 11) is 0. The van der Waals surface area contributed by atoms with Crippen LogP contribution in [0.25, 0.3) is 16.9 Å². The Morgan fingerprint density at radius 1 is 1.13 bits per heavy atom. The van der Waals surface area contributed by atoms with Crippen LogP contribution >= 0.6 is 11.6 Å². The zero-order chi connectivity index (χ0) is 20.9. The lowest BCUT2D eigenvalue weighted by Gasteiger charge is -2.10. The number of nitrogens with zero attached hydrogens (tertiary/aromatic N) is 5. The summed E-state index contributed by atoms with van der Waals surface area (Å²) >= 11 is 6.35. The van der Waals surface area contributed by atoms with E-state index < -0.39 is 0 Å². The molecule has 4 heterocycles. The average Bonchev–Trinajstić information content (AvgIpc) is 3.52. The third-order valence-electron chi connectivity index (χ3n) is 5.90. The van der Waals surface area contributed by atoms with Crippen molar-refractivity contribution >= 4 is 17.5 Å². The fourth-order valence-electron chi connectivity index (χ4n) is 4.35. The highest BCUT2D eigenvalue weighted by Crippen LogP contribution is 2.37. The van der Waals surface area contributed by atoms with E-state index in [1.165, 1.54) is 0 Å². The molecule has 0 unspecified atom stereocenters. The first-order valence-electron chi connectivity index (χ1n) is 10.4. The van der Waals surface area contributed by atoms with Crippen molar-refractivity contribution < 1.29 is 4.74 Å². The van der Waals surface area contributed by atoms with E-state index in [1.54, 1.807) is 0 Å². The predicted molar refractivity (Wildman–Crippen MR) is 120 cm³/mol. The number of benzene rings is 2. The van der Waals surface area contributed by atoms with Gasteiger partial charge in [-0.2, -0.15) is 5.10 Å². The van der Waals surface area contributed by atoms with Gasteiger partial charge < -0.3 is 9.30 Å². The first kappa shape index (κ1) is 18.4. The minimum atomic E-state index is -0.0103. The van der Waals surface area contributed by atoms with Gasteiger partial charge in [-0.3, -0.25) is 4.68 Å². The second-order valence-corrected chi connectivity index (χ2v) is 8.21. The van der Waals surface area contributed by atoms with Gasteiger partial charge in [0.2, 0.25) is 5.90 Å². The number of ether oxygens (including phenoxy) is 1. The molecule has 1 atom stereocenters. The molecule has 31 heavy (non-hydrogen) atoms. The first-order valence-corrected chi connectivity index (χ1v) is 10.8. The van der Waals surface area contributed by atoms with Crippen LogP contribution in [0.3, 0.4) is 0 Å². The number of rotatable bonds is 3. The molecule has 0 bridgehead atoms. The number of aromatic nitrogens is 4. The molecule has 0 spiro atoms. The number of imidazole rings is 1. The van der Waals surface area contributed by atoms with E-state index in [9.17, 15) is 0 Å². The van der Waals surface area contributed by atoms with Gasteiger partial charge in [0.05, 0.1) is 17.1 Å². The Balaban J connectivity index is 1.49. The minimum absolute atomic E-state index is 0.0103. The van der Waals surface area contributed by atoms with Gasteiger partial charge in [-0.1, -0.05) is 41.9 Å². The zero-order valence-electron chi connectivity index (χ0n) is 17.0. The van der Waals surface area contributed by atoms with Gasteiger partial charge in [0.1, 0.15) is 24.7 Å². The summed E-state index contributed by atoms with van der Waals surface area (Å²) in [6.45, 7) is 3.42. The molecule has 6 nitrogen and oxygen atoms in total. The van der Waals surface area contributed by atoms with Crippen molar-refractivity contribution in [2.75, 3.05) is 6.61 Å². The Bertz CT molecular complexity index is 1320. The van der Waals surface area contributed by atoms with Crippen LogP contribution < -0.4 is 0 Å². The molecule has 2 aliphatic rings. The fourth-order valence-corrected chi connectivity index (χ4v) is 4.52. The maximum absolute atomic E-state index is 6.35. The van der Waals surface area contributed by atoms with Crippen molar-refractivity contribution in [3.8, 4) is 16.9 Å². The standard InChI is InChI=1S/C24H20ClN5O/c1-2-29-12-16-10-21-23(24-27-19(13-31-24)15-6-4-3-5-7-15)26-14-30(21)20-9-8-17(25)11-18(20)22(16)28-29/h3-9,11-12,14,19H,2,10,13H2,1H3/t19-/m1/s1. The van der Waals surface area contributed by atoms with Gasteiger partial charge in [-0.05, 0) is 30.7 Å². The van der Waals surface area contributed by atoms with E-state index in [0.717, 1.165) is 46.0 Å². The topological polar surface area (TPSA) is 57.2 Å². The summed E-state index contributed by atoms with van der Waals surface area (Å²) in [6.07, 6.45) is 4.64. The molecule has 6 rings (SSSR count). The second-order valence-electron chi connectivity index (χ2n) is 7.78. The summed E-state index contributed by atoms with van der Waals surface area (Å²) < 4.78 is 10.1. The van der Waals surface area contributed by atoms with Crippen LogP contribution in [0.2, 0.25) is 5.02 Å². The third kappa shape index (κ3) is 2.98. The molecule has 2 aromatic heterocycles. The van der Waals surface area contributed by atoms with E-state index in [2.05, 4.69) is 29.8 Å². The molecule has 0 amide bonds. The highest BCUT2D eigenvalue weighted by atomic mass is 35.5. The number of aryl methyl sites for hydroxylation is 1. The summed E-state index contributed by atoms with van der Waals surface area (Å²) in [4.78, 5) is 9.58. The van der Waals surface area contributed by atoms with E-state index in [4.69, 9.17) is 31.4 Å². The highest BCUT2D eigenvalue weighted by molar-refractivity contribution is 6.31. The van der Waals surface area contributed by atoms with Crippen LogP contribution in [-0.2, 0) is 17.7 Å². The molecule has 0 radical (unpaired) electrons. The lowest BCUT2D eigenvalue weighted by Crippen LogP contribution is -2.08. The normalized spacial score (nSPS) is 16.7. The van der Waals surface area contributed by atoms with Crippen LogP contribution in [0.1, 0.15) is 35.5 Å². The molecule has 0 N–H and O–H groups in total. The monoisotopic (exact) mass is 429 g/mol. The van der Waals surface area contributed by atoms with E-state index >= 15 is 0 Å². The summed E-state index contributed by atoms with van der Waals surface area (Å²) in [5.74, 6) is 0.601. The maximum atomic E-state index is 6.35. The van der Waals surface area contributed by atoms with Crippen LogP contribution in [0, 0.1) is 0 Å². The quantitative estimate of drug-likeness (QED) is 0.412. The average molecular weight is 430 g/mol. The van der Waals surface area contributed by atoms with Crippen LogP contribution in [0.4, 0.5) is 0 Å². The number of hydrogen-bond acceptors (Lipinski definition) is 4. The van der Waals surface area contributed by atoms with Crippen molar-refractivity contribution in [1.29, 1.82) is 0 Å². The van der Waals surface area contributed by atoms with E-state index in [0.29, 0.717) is 23.9 Å². The smallest absolute Gasteiger partial charge is 0.238 e. The van der Waals surface area contributed by atoms with Gasteiger partial charge in [-0.15, -0.1) is 0 Å². The summed E-state index contributed by atoms with van der Waals surface area (Å²) in [5, 5.41) is 5.50. The fraction of sp³-hybridized carbons (Fsp3) is 0.208. The van der Waals surface area contributed by atoms with Crippen molar-refractivity contribution in [1.82, 2.24) is 19.3 Å². The summed E-state index contributed by atoms with van der Waals surface area (Å²) in [5.41, 5.74) is 7.11. The first-order chi connectivity index (χ1) is 15.2. The summed E-state index contributed by atoms with van der Waals surface area (Å²) in [6, 6.07) is 16.1. The Kier molecular flexibility index (Phi) is 4.21. The van der Waals surface area contributed by atoms with Crippen molar-refractivity contribution in [2.45, 2.75) is 25.9 Å². The molecule has 4 aromatic rings. The number of hydrogen-bond donors (Lipinski definition) is 0. The lowest BCUT2D eigenvalue weighted by atomic mass is 10.0. The molecule has 0 fully saturated rings. The van der Waals surface area contributed by atoms with Crippen LogP contribution in [-0.4, -0.2) is 31.8 Å². The molecule has 2 aliphatic heterocycles. The Labute approximate surface area is 184 Å². The van der Waals surface area contributed by atoms with Crippen LogP contribution in [0.5, 0.6) is 0 Å². The maximum Gasteiger partial charge on any atom is 0.238 e. The van der Waals surface area contributed by atoms with Gasteiger partial charge in [0.15, 0.2) is 0 Å². The molecule has 0 aliphatic carbocycles. The van der Waals surface area contributed by atoms with Gasteiger partial charge in [0.25, 0.3) is 0 Å². The number of halogens is 1. The Hall–Kier alpha value is -3.38. The van der Waals surface area contributed by atoms with Crippen molar-refractivity contribution in [3.63, 3.8) is 0 Å². The Morgan fingerprint density at radius 2 is 2.00 bits per heavy atom. The SMILES string of the molecule is CCn1cc2c(n1)-c1cc(Cl)ccc1-n1cnc(C3=N[C@@H](c4ccccc4)CO3)c1C2. The third-order valence-corrected chi connectivity index (χ3v) is 6.13. The number of aliphatic imine (C=N–C) groups is 1. The van der Waals surface area contributed by atoms with E-state index in [-0.39, 0.29) is 6.04 Å². The Morgan fingerprint density at radius 3 is 2.84 bits per heavy atom. The zero-order valence-corrected chi connectivity index (χ0v) is 17.8. The largest absolute Gasteiger partial charge is 0.474 e. The molecule has 7 heteroatoms. The lowest BCUT2D eigenvalue weighted by molar-refractivity contribution is 0.319. The van der Waals surface area contributed by atoms with Crippen molar-refractivity contribution in [3.05, 3.63) is 88.6 Å². The predicted octanol–water partition coefficient (Wildman–Crippen LogP) is 4.83. The second kappa shape index (κ2) is 7.10. The van der Waals surface area contributed by atoms with E-state index in [1.807, 2.05) is 47.4 Å². The molecular weight excluding hydrogens is 410 g/mol. The molecule has 2 aromatic carbocycles. The molecule has 0 saturated heterocycles. The molecular formula is C24H20ClN5O. The van der Waals surface area contributed by atoms with Crippen molar-refractivity contribution in [2.24, 2.45) is 4.99 Å². The van der Waals surface area contributed by atoms with Gasteiger partial charge in [0, 0.05) is 35.3 Å². The van der Waals surface area contributed by atoms with Gasteiger partial charge in [-0.25, -0.2) is 9.98 Å². The minimum Gasteiger partial charge on any atom is -0.474 e. The van der Waals surface area contributed by atoms with Gasteiger partial charge >= 0.3 is 0 Å². The number of fused-ring (bicyclic) bond motifs is 5. The van der Waals surface area contributed by atoms with Crippen LogP contribution in [0.15, 0.2) is 66.0 Å². The highest BCUT2D eigenvalue weighted by Gasteiger charge is 2.30. The molecule has 154 valence electrons.